The molecule has 0 radical (unpaired) electrons. The van der Waals surface area contributed by atoms with Crippen LogP contribution in [0.2, 0.25) is 0 Å². The molecule has 3 nitrogen and oxygen atoms in total. The first-order valence-electron chi connectivity index (χ1n) is 6.34. The lowest BCUT2D eigenvalue weighted by molar-refractivity contribution is 0.0140. The summed E-state index contributed by atoms with van der Waals surface area (Å²) in [5.74, 6) is 0. The lowest BCUT2D eigenvalue weighted by atomic mass is 10.1. The van der Waals surface area contributed by atoms with Crippen LogP contribution in [-0.2, 0) is 4.74 Å². The summed E-state index contributed by atoms with van der Waals surface area (Å²) in [5, 5.41) is 0. The zero-order chi connectivity index (χ0) is 11.8. The molecule has 0 bridgehead atoms. The summed E-state index contributed by atoms with van der Waals surface area (Å²) >= 11 is 4.86. The van der Waals surface area contributed by atoms with Crippen molar-refractivity contribution < 1.29 is 4.74 Å². The highest BCUT2D eigenvalue weighted by atomic mass is 32.1. The van der Waals surface area contributed by atoms with E-state index in [1.807, 2.05) is 0 Å². The van der Waals surface area contributed by atoms with Crippen molar-refractivity contribution in [2.24, 2.45) is 5.73 Å². The van der Waals surface area contributed by atoms with Gasteiger partial charge in [-0.05, 0) is 45.6 Å². The number of nitrogens with two attached hydrogens (primary N) is 1. The maximum Gasteiger partial charge on any atom is 0.0727 e. The molecule has 2 N–H and O–H groups in total. The van der Waals surface area contributed by atoms with Crippen LogP contribution in [0.25, 0.3) is 0 Å². The predicted molar refractivity (Wildman–Crippen MR) is 71.7 cm³/mol. The highest BCUT2D eigenvalue weighted by Gasteiger charge is 2.18. The van der Waals surface area contributed by atoms with E-state index in [4.69, 9.17) is 22.7 Å². The fourth-order valence-electron chi connectivity index (χ4n) is 2.17. The van der Waals surface area contributed by atoms with Crippen molar-refractivity contribution in [3.05, 3.63) is 0 Å². The van der Waals surface area contributed by atoms with Gasteiger partial charge in [-0.2, -0.15) is 0 Å². The van der Waals surface area contributed by atoms with Gasteiger partial charge < -0.3 is 15.4 Å². The molecular formula is C12H24N2OS. The molecule has 1 aliphatic rings. The largest absolute Gasteiger partial charge is 0.393 e. The molecular weight excluding hydrogens is 220 g/mol. The number of likely N-dealkylation sites (tertiary alicyclic amines) is 1. The van der Waals surface area contributed by atoms with E-state index in [0.29, 0.717) is 11.1 Å². The second-order valence-corrected chi connectivity index (χ2v) is 4.94. The van der Waals surface area contributed by atoms with Crippen LogP contribution in [0, 0.1) is 0 Å². The van der Waals surface area contributed by atoms with Crippen LogP contribution in [0.3, 0.4) is 0 Å². The number of thiocarbonyl (C=S) groups is 1. The lowest BCUT2D eigenvalue weighted by Gasteiger charge is -2.31. The minimum Gasteiger partial charge on any atom is -0.393 e. The van der Waals surface area contributed by atoms with Crippen LogP contribution in [0.5, 0.6) is 0 Å². The van der Waals surface area contributed by atoms with Crippen LogP contribution >= 0.6 is 12.2 Å². The molecule has 94 valence electrons. The standard InChI is InChI=1S/C12H24N2OS/c1-2-15-11-6-9-14(10-7-11)8-4-3-5-12(13)16/h11H,2-10H2,1H3,(H2,13,16). The average molecular weight is 244 g/mol. The molecule has 1 rings (SSSR count). The van der Waals surface area contributed by atoms with E-state index in [2.05, 4.69) is 11.8 Å². The average Bonchev–Trinajstić information content (AvgIpc) is 2.27. The number of rotatable bonds is 7. The highest BCUT2D eigenvalue weighted by molar-refractivity contribution is 7.80. The number of hydrogen-bond donors (Lipinski definition) is 1. The molecule has 1 heterocycles. The van der Waals surface area contributed by atoms with Crippen molar-refractivity contribution in [1.82, 2.24) is 4.90 Å². The maximum atomic E-state index is 5.63. The van der Waals surface area contributed by atoms with Crippen molar-refractivity contribution in [2.45, 2.75) is 45.1 Å². The number of piperidine rings is 1. The molecule has 4 heteroatoms. The molecule has 0 spiro atoms. The first kappa shape index (κ1) is 13.9. The summed E-state index contributed by atoms with van der Waals surface area (Å²) < 4.78 is 5.63. The summed E-state index contributed by atoms with van der Waals surface area (Å²) in [5.41, 5.74) is 5.46. The van der Waals surface area contributed by atoms with Gasteiger partial charge in [0.05, 0.1) is 11.1 Å². The molecule has 1 saturated heterocycles. The van der Waals surface area contributed by atoms with Crippen molar-refractivity contribution in [1.29, 1.82) is 0 Å². The van der Waals surface area contributed by atoms with Gasteiger partial charge in [-0.25, -0.2) is 0 Å². The van der Waals surface area contributed by atoms with Gasteiger partial charge in [-0.3, -0.25) is 0 Å². The third-order valence-corrected chi connectivity index (χ3v) is 3.29. The second-order valence-electron chi connectivity index (χ2n) is 4.42. The van der Waals surface area contributed by atoms with Gasteiger partial charge in [-0.15, -0.1) is 0 Å². The number of hydrogen-bond acceptors (Lipinski definition) is 3. The van der Waals surface area contributed by atoms with Crippen LogP contribution in [0.4, 0.5) is 0 Å². The molecule has 0 aromatic carbocycles. The monoisotopic (exact) mass is 244 g/mol. The van der Waals surface area contributed by atoms with Gasteiger partial charge in [-0.1, -0.05) is 12.2 Å². The van der Waals surface area contributed by atoms with E-state index in [-0.39, 0.29) is 0 Å². The molecule has 0 saturated carbocycles. The third kappa shape index (κ3) is 5.77. The molecule has 1 fully saturated rings. The number of ether oxygens (including phenoxy) is 1. The van der Waals surface area contributed by atoms with Crippen molar-refractivity contribution in [2.75, 3.05) is 26.2 Å². The summed E-state index contributed by atoms with van der Waals surface area (Å²) in [6, 6.07) is 0. The van der Waals surface area contributed by atoms with E-state index in [1.165, 1.54) is 38.9 Å². The first-order valence-corrected chi connectivity index (χ1v) is 6.75. The molecule has 0 aromatic heterocycles. The van der Waals surface area contributed by atoms with Gasteiger partial charge >= 0.3 is 0 Å². The minimum atomic E-state index is 0.498. The fraction of sp³-hybridized carbons (Fsp3) is 0.917. The Hall–Kier alpha value is -0.190. The van der Waals surface area contributed by atoms with Crippen molar-refractivity contribution in [3.8, 4) is 0 Å². The Morgan fingerprint density at radius 1 is 1.38 bits per heavy atom. The SMILES string of the molecule is CCOC1CCN(CCCCC(N)=S)CC1. The zero-order valence-electron chi connectivity index (χ0n) is 10.3. The molecule has 0 aromatic rings. The van der Waals surface area contributed by atoms with Crippen molar-refractivity contribution in [3.63, 3.8) is 0 Å². The molecule has 0 aliphatic carbocycles. The molecule has 0 atom stereocenters. The number of unbranched alkanes of at least 4 members (excludes halogenated alkanes) is 1. The van der Waals surface area contributed by atoms with Gasteiger partial charge in [0, 0.05) is 19.7 Å². The minimum absolute atomic E-state index is 0.498. The van der Waals surface area contributed by atoms with Crippen LogP contribution < -0.4 is 5.73 Å². The zero-order valence-corrected chi connectivity index (χ0v) is 11.1. The van der Waals surface area contributed by atoms with E-state index >= 15 is 0 Å². The predicted octanol–water partition coefficient (Wildman–Crippen LogP) is 1.94. The number of nitrogens with zero attached hydrogens (tertiary/aromatic N) is 1. The molecule has 0 unspecified atom stereocenters. The summed E-state index contributed by atoms with van der Waals surface area (Å²) in [7, 11) is 0. The molecule has 16 heavy (non-hydrogen) atoms. The van der Waals surface area contributed by atoms with E-state index in [0.717, 1.165) is 19.4 Å². The Bertz CT molecular complexity index is 203. The normalized spacial score (nSPS) is 18.8. The van der Waals surface area contributed by atoms with Gasteiger partial charge in [0.2, 0.25) is 0 Å². The summed E-state index contributed by atoms with van der Waals surface area (Å²) in [6.07, 6.45) is 6.09. The second kappa shape index (κ2) is 7.98. The van der Waals surface area contributed by atoms with Gasteiger partial charge in [0.1, 0.15) is 0 Å². The summed E-state index contributed by atoms with van der Waals surface area (Å²) in [4.78, 5) is 3.17. The maximum absolute atomic E-state index is 5.63. The van der Waals surface area contributed by atoms with Crippen LogP contribution in [0.15, 0.2) is 0 Å². The fourth-order valence-corrected chi connectivity index (χ4v) is 2.31. The van der Waals surface area contributed by atoms with Gasteiger partial charge in [0.25, 0.3) is 0 Å². The van der Waals surface area contributed by atoms with E-state index < -0.39 is 0 Å². The Labute approximate surface area is 104 Å². The Morgan fingerprint density at radius 3 is 2.62 bits per heavy atom. The lowest BCUT2D eigenvalue weighted by Crippen LogP contribution is -2.37. The summed E-state index contributed by atoms with van der Waals surface area (Å²) in [6.45, 7) is 6.46. The topological polar surface area (TPSA) is 38.5 Å². The Balaban J connectivity index is 2.01. The molecule has 0 amide bonds. The van der Waals surface area contributed by atoms with Crippen LogP contribution in [-0.4, -0.2) is 42.2 Å². The van der Waals surface area contributed by atoms with Gasteiger partial charge in [0.15, 0.2) is 0 Å². The first-order chi connectivity index (χ1) is 7.72. The van der Waals surface area contributed by atoms with E-state index in [9.17, 15) is 0 Å². The molecule has 1 aliphatic heterocycles. The van der Waals surface area contributed by atoms with Crippen molar-refractivity contribution >= 4 is 17.2 Å². The van der Waals surface area contributed by atoms with E-state index in [1.54, 1.807) is 0 Å². The Kier molecular flexibility index (Phi) is 6.92. The Morgan fingerprint density at radius 2 is 2.06 bits per heavy atom. The third-order valence-electron chi connectivity index (χ3n) is 3.08. The highest BCUT2D eigenvalue weighted by Crippen LogP contribution is 2.14. The van der Waals surface area contributed by atoms with Crippen LogP contribution in [0.1, 0.15) is 39.0 Å². The quantitative estimate of drug-likeness (QED) is 0.549. The smallest absolute Gasteiger partial charge is 0.0727 e.